The van der Waals surface area contributed by atoms with E-state index in [1.165, 1.54) is 19.3 Å². The molecule has 0 aromatic carbocycles. The van der Waals surface area contributed by atoms with Crippen molar-refractivity contribution >= 4 is 5.82 Å². The monoisotopic (exact) mass is 248 g/mol. The average molecular weight is 248 g/mol. The number of aromatic nitrogens is 2. The van der Waals surface area contributed by atoms with Crippen LogP contribution in [0.4, 0.5) is 5.82 Å². The van der Waals surface area contributed by atoms with Crippen LogP contribution in [0.1, 0.15) is 37.6 Å². The van der Waals surface area contributed by atoms with Gasteiger partial charge in [-0.05, 0) is 40.2 Å². The first-order chi connectivity index (χ1) is 8.70. The second-order valence-electron chi connectivity index (χ2n) is 5.11. The maximum absolute atomic E-state index is 4.65. The Morgan fingerprint density at radius 1 is 1.39 bits per heavy atom. The molecule has 0 bridgehead atoms. The zero-order valence-electron chi connectivity index (χ0n) is 11.7. The SMILES string of the molecule is CCN(CC1CCCCN1)c1nc(C)cnc1C. The molecule has 1 unspecified atom stereocenters. The predicted octanol–water partition coefficient (Wildman–Crippen LogP) is 2.06. The summed E-state index contributed by atoms with van der Waals surface area (Å²) in [4.78, 5) is 11.4. The van der Waals surface area contributed by atoms with E-state index in [9.17, 15) is 0 Å². The highest BCUT2D eigenvalue weighted by molar-refractivity contribution is 5.43. The zero-order valence-corrected chi connectivity index (χ0v) is 11.7. The quantitative estimate of drug-likeness (QED) is 0.885. The normalized spacial score (nSPS) is 19.8. The number of nitrogens with one attached hydrogen (secondary N) is 1. The van der Waals surface area contributed by atoms with Crippen LogP contribution in [0.5, 0.6) is 0 Å². The van der Waals surface area contributed by atoms with Crippen LogP contribution in [0.3, 0.4) is 0 Å². The van der Waals surface area contributed by atoms with Gasteiger partial charge in [-0.3, -0.25) is 4.98 Å². The Morgan fingerprint density at radius 3 is 2.89 bits per heavy atom. The molecule has 4 nitrogen and oxygen atoms in total. The summed E-state index contributed by atoms with van der Waals surface area (Å²) in [6, 6.07) is 0.598. The minimum Gasteiger partial charge on any atom is -0.354 e. The molecule has 1 aliphatic heterocycles. The Labute approximate surface area is 110 Å². The molecule has 0 saturated carbocycles. The van der Waals surface area contributed by atoms with Crippen molar-refractivity contribution in [1.82, 2.24) is 15.3 Å². The number of piperidine rings is 1. The second kappa shape index (κ2) is 6.14. The minimum atomic E-state index is 0.598. The van der Waals surface area contributed by atoms with Gasteiger partial charge in [0.15, 0.2) is 0 Å². The van der Waals surface area contributed by atoms with E-state index in [-0.39, 0.29) is 0 Å². The summed E-state index contributed by atoms with van der Waals surface area (Å²) in [6.45, 7) is 9.40. The van der Waals surface area contributed by atoms with Gasteiger partial charge in [0.1, 0.15) is 5.82 Å². The van der Waals surface area contributed by atoms with Crippen molar-refractivity contribution in [3.8, 4) is 0 Å². The molecule has 4 heteroatoms. The third kappa shape index (κ3) is 3.19. The third-order valence-electron chi connectivity index (χ3n) is 3.59. The summed E-state index contributed by atoms with van der Waals surface area (Å²) in [5.41, 5.74) is 2.02. The zero-order chi connectivity index (χ0) is 13.0. The molecular formula is C14H24N4. The summed E-state index contributed by atoms with van der Waals surface area (Å²) in [5, 5.41) is 3.60. The molecule has 18 heavy (non-hydrogen) atoms. The van der Waals surface area contributed by atoms with Crippen LogP contribution >= 0.6 is 0 Å². The summed E-state index contributed by atoms with van der Waals surface area (Å²) >= 11 is 0. The molecule has 1 atom stereocenters. The first kappa shape index (κ1) is 13.3. The largest absolute Gasteiger partial charge is 0.354 e. The van der Waals surface area contributed by atoms with E-state index in [0.717, 1.165) is 36.8 Å². The van der Waals surface area contributed by atoms with Crippen molar-refractivity contribution in [2.75, 3.05) is 24.5 Å². The maximum Gasteiger partial charge on any atom is 0.150 e. The van der Waals surface area contributed by atoms with E-state index in [4.69, 9.17) is 0 Å². The highest BCUT2D eigenvalue weighted by Gasteiger charge is 2.18. The lowest BCUT2D eigenvalue weighted by molar-refractivity contribution is 0.399. The van der Waals surface area contributed by atoms with Crippen LogP contribution in [0, 0.1) is 13.8 Å². The van der Waals surface area contributed by atoms with Gasteiger partial charge < -0.3 is 10.2 Å². The lowest BCUT2D eigenvalue weighted by atomic mass is 10.0. The van der Waals surface area contributed by atoms with E-state index in [1.54, 1.807) is 0 Å². The fourth-order valence-corrected chi connectivity index (χ4v) is 2.54. The van der Waals surface area contributed by atoms with Crippen molar-refractivity contribution in [3.63, 3.8) is 0 Å². The second-order valence-corrected chi connectivity index (χ2v) is 5.11. The topological polar surface area (TPSA) is 41.0 Å². The molecule has 2 heterocycles. The van der Waals surface area contributed by atoms with Gasteiger partial charge in [0.05, 0.1) is 11.4 Å². The van der Waals surface area contributed by atoms with Gasteiger partial charge in [-0.15, -0.1) is 0 Å². The number of likely N-dealkylation sites (N-methyl/N-ethyl adjacent to an activating group) is 1. The standard InChI is InChI=1S/C14H24N4/c1-4-18(10-13-7-5-6-8-15-13)14-12(3)16-9-11(2)17-14/h9,13,15H,4-8,10H2,1-3H3. The molecule has 0 amide bonds. The fourth-order valence-electron chi connectivity index (χ4n) is 2.54. The van der Waals surface area contributed by atoms with Gasteiger partial charge in [0.2, 0.25) is 0 Å². The molecule has 2 rings (SSSR count). The number of hydrogen-bond donors (Lipinski definition) is 1. The van der Waals surface area contributed by atoms with Crippen molar-refractivity contribution in [2.24, 2.45) is 0 Å². The number of nitrogens with zero attached hydrogens (tertiary/aromatic N) is 3. The van der Waals surface area contributed by atoms with Crippen LogP contribution in [-0.2, 0) is 0 Å². The molecule has 0 aliphatic carbocycles. The van der Waals surface area contributed by atoms with Crippen LogP contribution in [0.2, 0.25) is 0 Å². The molecule has 0 radical (unpaired) electrons. The Bertz CT molecular complexity index is 385. The summed E-state index contributed by atoms with van der Waals surface area (Å²) in [5.74, 6) is 1.05. The molecule has 1 N–H and O–H groups in total. The lowest BCUT2D eigenvalue weighted by Gasteiger charge is -2.31. The van der Waals surface area contributed by atoms with E-state index in [0.29, 0.717) is 6.04 Å². The molecular weight excluding hydrogens is 224 g/mol. The highest BCUT2D eigenvalue weighted by Crippen LogP contribution is 2.17. The number of hydrogen-bond acceptors (Lipinski definition) is 4. The van der Waals surface area contributed by atoms with Gasteiger partial charge in [0.25, 0.3) is 0 Å². The Hall–Kier alpha value is -1.16. The molecule has 0 spiro atoms. The number of rotatable bonds is 4. The number of anilines is 1. The lowest BCUT2D eigenvalue weighted by Crippen LogP contribution is -2.44. The van der Waals surface area contributed by atoms with Crippen molar-refractivity contribution in [3.05, 3.63) is 17.6 Å². The molecule has 1 aliphatic rings. The van der Waals surface area contributed by atoms with Gasteiger partial charge in [-0.1, -0.05) is 6.42 Å². The van der Waals surface area contributed by atoms with E-state index < -0.39 is 0 Å². The summed E-state index contributed by atoms with van der Waals surface area (Å²) < 4.78 is 0. The van der Waals surface area contributed by atoms with E-state index >= 15 is 0 Å². The predicted molar refractivity (Wildman–Crippen MR) is 75.0 cm³/mol. The first-order valence-electron chi connectivity index (χ1n) is 6.99. The van der Waals surface area contributed by atoms with Crippen molar-refractivity contribution < 1.29 is 0 Å². The maximum atomic E-state index is 4.65. The van der Waals surface area contributed by atoms with Crippen molar-refractivity contribution in [2.45, 2.75) is 46.1 Å². The third-order valence-corrected chi connectivity index (χ3v) is 3.59. The Balaban J connectivity index is 2.09. The summed E-state index contributed by atoms with van der Waals surface area (Å²) in [6.07, 6.45) is 5.76. The van der Waals surface area contributed by atoms with E-state index in [2.05, 4.69) is 27.1 Å². The smallest absolute Gasteiger partial charge is 0.150 e. The summed E-state index contributed by atoms with van der Waals surface area (Å²) in [7, 11) is 0. The van der Waals surface area contributed by atoms with Crippen LogP contribution in [0.15, 0.2) is 6.20 Å². The Morgan fingerprint density at radius 2 is 2.22 bits per heavy atom. The minimum absolute atomic E-state index is 0.598. The molecule has 1 saturated heterocycles. The van der Waals surface area contributed by atoms with Gasteiger partial charge >= 0.3 is 0 Å². The Kier molecular flexibility index (Phi) is 4.53. The highest BCUT2D eigenvalue weighted by atomic mass is 15.2. The van der Waals surface area contributed by atoms with Crippen molar-refractivity contribution in [1.29, 1.82) is 0 Å². The first-order valence-corrected chi connectivity index (χ1v) is 6.99. The fraction of sp³-hybridized carbons (Fsp3) is 0.714. The van der Waals surface area contributed by atoms with Gasteiger partial charge in [-0.25, -0.2) is 4.98 Å². The van der Waals surface area contributed by atoms with Gasteiger partial charge in [-0.2, -0.15) is 0 Å². The molecule has 1 fully saturated rings. The number of aryl methyl sites for hydroxylation is 2. The molecule has 1 aromatic rings. The molecule has 1 aromatic heterocycles. The van der Waals surface area contributed by atoms with Crippen LogP contribution in [0.25, 0.3) is 0 Å². The van der Waals surface area contributed by atoms with Gasteiger partial charge in [0, 0.05) is 25.3 Å². The van der Waals surface area contributed by atoms with Crippen LogP contribution in [-0.4, -0.2) is 35.6 Å². The molecule has 100 valence electrons. The average Bonchev–Trinajstić information content (AvgIpc) is 2.40. The van der Waals surface area contributed by atoms with Crippen LogP contribution < -0.4 is 10.2 Å². The van der Waals surface area contributed by atoms with E-state index in [1.807, 2.05) is 20.0 Å².